The number of benzene rings is 2. The van der Waals surface area contributed by atoms with E-state index in [1.165, 1.54) is 6.07 Å². The molecule has 2 aromatic rings. The molecule has 4 rings (SSSR count). The highest BCUT2D eigenvalue weighted by molar-refractivity contribution is 5.65. The van der Waals surface area contributed by atoms with Crippen molar-refractivity contribution in [2.75, 3.05) is 37.9 Å². The van der Waals surface area contributed by atoms with E-state index < -0.39 is 22.4 Å². The van der Waals surface area contributed by atoms with Crippen LogP contribution in [0.1, 0.15) is 11.1 Å². The van der Waals surface area contributed by atoms with Crippen LogP contribution in [-0.2, 0) is 12.7 Å². The molecule has 0 aliphatic carbocycles. The molecule has 2 aliphatic rings. The lowest BCUT2D eigenvalue weighted by Gasteiger charge is -2.36. The van der Waals surface area contributed by atoms with Gasteiger partial charge in [-0.1, -0.05) is 0 Å². The van der Waals surface area contributed by atoms with Crippen molar-refractivity contribution < 1.29 is 32.7 Å². The number of nitro benzene ring substituents is 1. The molecule has 8 nitrogen and oxygen atoms in total. The molecular formula is C19H18F3N3O5. The van der Waals surface area contributed by atoms with E-state index in [1.807, 2.05) is 4.90 Å². The van der Waals surface area contributed by atoms with Gasteiger partial charge >= 0.3 is 6.18 Å². The van der Waals surface area contributed by atoms with Gasteiger partial charge in [0.1, 0.15) is 11.4 Å². The average Bonchev–Trinajstić information content (AvgIpc) is 3.14. The van der Waals surface area contributed by atoms with Crippen LogP contribution < -0.4 is 14.4 Å². The number of hydrogen-bond acceptors (Lipinski definition) is 7. The van der Waals surface area contributed by atoms with Gasteiger partial charge in [-0.2, -0.15) is 13.2 Å². The third-order valence-corrected chi connectivity index (χ3v) is 5.18. The standard InChI is InChI=1S/C19H18F3N3O5/c20-19(21,22)13-1-2-14(15(8-13)25(27)28)24-5-3-23(4-6-24)10-12-7-17-18(9-16(12)26)30-11-29-17/h1-2,7-9,26H,3-6,10-11H2. The van der Waals surface area contributed by atoms with E-state index in [1.54, 1.807) is 11.0 Å². The number of piperazine rings is 1. The van der Waals surface area contributed by atoms with E-state index in [4.69, 9.17) is 9.47 Å². The van der Waals surface area contributed by atoms with Crippen LogP contribution in [-0.4, -0.2) is 47.9 Å². The molecule has 30 heavy (non-hydrogen) atoms. The molecule has 1 N–H and O–H groups in total. The highest BCUT2D eigenvalue weighted by Crippen LogP contribution is 2.39. The van der Waals surface area contributed by atoms with Gasteiger partial charge in [0, 0.05) is 50.4 Å². The van der Waals surface area contributed by atoms with Gasteiger partial charge in [0.15, 0.2) is 11.5 Å². The molecule has 0 amide bonds. The van der Waals surface area contributed by atoms with E-state index in [-0.39, 0.29) is 18.2 Å². The molecule has 0 bridgehead atoms. The van der Waals surface area contributed by atoms with Gasteiger partial charge in [-0.15, -0.1) is 0 Å². The molecule has 0 radical (unpaired) electrons. The molecular weight excluding hydrogens is 407 g/mol. The van der Waals surface area contributed by atoms with Crippen molar-refractivity contribution in [2.45, 2.75) is 12.7 Å². The van der Waals surface area contributed by atoms with Crippen LogP contribution in [0.4, 0.5) is 24.5 Å². The second-order valence-electron chi connectivity index (χ2n) is 7.06. The maximum Gasteiger partial charge on any atom is 0.416 e. The summed E-state index contributed by atoms with van der Waals surface area (Å²) in [6, 6.07) is 5.80. The maximum absolute atomic E-state index is 12.9. The average molecular weight is 425 g/mol. The number of anilines is 1. The Bertz CT molecular complexity index is 975. The number of nitrogens with zero attached hydrogens (tertiary/aromatic N) is 3. The third-order valence-electron chi connectivity index (χ3n) is 5.18. The number of halogens is 3. The molecule has 0 unspecified atom stereocenters. The minimum Gasteiger partial charge on any atom is -0.507 e. The van der Waals surface area contributed by atoms with Crippen molar-refractivity contribution in [3.8, 4) is 17.2 Å². The second-order valence-corrected chi connectivity index (χ2v) is 7.06. The first-order chi connectivity index (χ1) is 14.2. The van der Waals surface area contributed by atoms with Gasteiger partial charge < -0.3 is 19.5 Å². The zero-order valence-electron chi connectivity index (χ0n) is 15.7. The lowest BCUT2D eigenvalue weighted by molar-refractivity contribution is -0.384. The fourth-order valence-corrected chi connectivity index (χ4v) is 3.60. The van der Waals surface area contributed by atoms with Crippen LogP contribution in [0.5, 0.6) is 17.2 Å². The van der Waals surface area contributed by atoms with Gasteiger partial charge in [-0.25, -0.2) is 0 Å². The Morgan fingerprint density at radius 2 is 1.73 bits per heavy atom. The summed E-state index contributed by atoms with van der Waals surface area (Å²) < 4.78 is 49.2. The van der Waals surface area contributed by atoms with Crippen LogP contribution >= 0.6 is 0 Å². The zero-order valence-corrected chi connectivity index (χ0v) is 15.7. The minimum absolute atomic E-state index is 0.0834. The molecule has 2 heterocycles. The third kappa shape index (κ3) is 3.92. The lowest BCUT2D eigenvalue weighted by Crippen LogP contribution is -2.46. The van der Waals surface area contributed by atoms with E-state index in [0.29, 0.717) is 55.9 Å². The predicted molar refractivity (Wildman–Crippen MR) is 99.8 cm³/mol. The van der Waals surface area contributed by atoms with Crippen LogP contribution in [0.2, 0.25) is 0 Å². The Balaban J connectivity index is 1.46. The minimum atomic E-state index is -4.64. The summed E-state index contributed by atoms with van der Waals surface area (Å²) in [6.45, 7) is 2.38. The van der Waals surface area contributed by atoms with E-state index in [9.17, 15) is 28.4 Å². The van der Waals surface area contributed by atoms with Crippen LogP contribution in [0, 0.1) is 10.1 Å². The van der Waals surface area contributed by atoms with Crippen molar-refractivity contribution in [3.05, 3.63) is 51.6 Å². The fourth-order valence-electron chi connectivity index (χ4n) is 3.60. The molecule has 11 heteroatoms. The SMILES string of the molecule is O=[N+]([O-])c1cc(C(F)(F)F)ccc1N1CCN(Cc2cc3c(cc2O)OCO3)CC1. The van der Waals surface area contributed by atoms with E-state index in [0.717, 1.165) is 12.1 Å². The zero-order chi connectivity index (χ0) is 21.5. The van der Waals surface area contributed by atoms with Gasteiger partial charge in [0.05, 0.1) is 10.5 Å². The molecule has 2 aliphatic heterocycles. The summed E-state index contributed by atoms with van der Waals surface area (Å²) in [4.78, 5) is 14.3. The normalized spacial score (nSPS) is 16.7. The second kappa shape index (κ2) is 7.56. The predicted octanol–water partition coefficient (Wildman–Crippen LogP) is 3.37. The number of alkyl halides is 3. The number of nitro groups is 1. The number of phenols is 1. The summed E-state index contributed by atoms with van der Waals surface area (Å²) in [7, 11) is 0. The number of hydrogen-bond donors (Lipinski definition) is 1. The first-order valence-electron chi connectivity index (χ1n) is 9.17. The highest BCUT2D eigenvalue weighted by Gasteiger charge is 2.34. The summed E-state index contributed by atoms with van der Waals surface area (Å²) >= 11 is 0. The summed E-state index contributed by atoms with van der Waals surface area (Å²) in [5.74, 6) is 1.12. The smallest absolute Gasteiger partial charge is 0.416 e. The molecule has 1 saturated heterocycles. The Morgan fingerprint density at radius 3 is 2.37 bits per heavy atom. The molecule has 0 aromatic heterocycles. The Labute approximate surface area is 169 Å². The number of phenolic OH excluding ortho intramolecular Hbond substituents is 1. The lowest BCUT2D eigenvalue weighted by atomic mass is 10.1. The summed E-state index contributed by atoms with van der Waals surface area (Å²) in [5.41, 5.74) is -0.784. The highest BCUT2D eigenvalue weighted by atomic mass is 19.4. The number of rotatable bonds is 4. The van der Waals surface area contributed by atoms with Gasteiger partial charge in [-0.3, -0.25) is 15.0 Å². The number of aromatic hydroxyl groups is 1. The number of ether oxygens (including phenoxy) is 2. The maximum atomic E-state index is 12.9. The molecule has 0 atom stereocenters. The largest absolute Gasteiger partial charge is 0.507 e. The molecule has 0 spiro atoms. The topological polar surface area (TPSA) is 88.3 Å². The van der Waals surface area contributed by atoms with Crippen molar-refractivity contribution in [2.24, 2.45) is 0 Å². The van der Waals surface area contributed by atoms with E-state index in [2.05, 4.69) is 0 Å². The van der Waals surface area contributed by atoms with Gasteiger partial charge in [-0.05, 0) is 18.2 Å². The van der Waals surface area contributed by atoms with Crippen molar-refractivity contribution in [3.63, 3.8) is 0 Å². The fraction of sp³-hybridized carbons (Fsp3) is 0.368. The first kappa shape index (κ1) is 20.1. The Morgan fingerprint density at radius 1 is 1.07 bits per heavy atom. The molecule has 2 aromatic carbocycles. The van der Waals surface area contributed by atoms with Crippen LogP contribution in [0.25, 0.3) is 0 Å². The van der Waals surface area contributed by atoms with Gasteiger partial charge in [0.25, 0.3) is 5.69 Å². The molecule has 160 valence electrons. The number of fused-ring (bicyclic) bond motifs is 1. The Hall–Kier alpha value is -3.21. The monoisotopic (exact) mass is 425 g/mol. The quantitative estimate of drug-likeness (QED) is 0.594. The molecule has 1 fully saturated rings. The summed E-state index contributed by atoms with van der Waals surface area (Å²) in [6.07, 6.45) is -4.64. The van der Waals surface area contributed by atoms with Crippen LogP contribution in [0.3, 0.4) is 0 Å². The van der Waals surface area contributed by atoms with E-state index >= 15 is 0 Å². The van der Waals surface area contributed by atoms with Crippen molar-refractivity contribution in [1.29, 1.82) is 0 Å². The Kier molecular flexibility index (Phi) is 5.06. The van der Waals surface area contributed by atoms with Gasteiger partial charge in [0.2, 0.25) is 6.79 Å². The van der Waals surface area contributed by atoms with Crippen molar-refractivity contribution in [1.82, 2.24) is 4.90 Å². The molecule has 0 saturated carbocycles. The summed E-state index contributed by atoms with van der Waals surface area (Å²) in [5, 5.41) is 21.5. The van der Waals surface area contributed by atoms with Crippen molar-refractivity contribution >= 4 is 11.4 Å². The van der Waals surface area contributed by atoms with Crippen LogP contribution in [0.15, 0.2) is 30.3 Å². The first-order valence-corrected chi connectivity index (χ1v) is 9.17.